The van der Waals surface area contributed by atoms with Crippen LogP contribution in [0.5, 0.6) is 0 Å². The summed E-state index contributed by atoms with van der Waals surface area (Å²) >= 11 is 12.6. The number of aromatic amines is 1. The monoisotopic (exact) mass is 420 g/mol. The third-order valence-electron chi connectivity index (χ3n) is 4.94. The minimum atomic E-state index is -0.244. The topological polar surface area (TPSA) is 63.6 Å². The molecule has 0 saturated carbocycles. The summed E-state index contributed by atoms with van der Waals surface area (Å²) in [7, 11) is 0. The van der Waals surface area contributed by atoms with Gasteiger partial charge in [-0.25, -0.2) is 4.98 Å². The molecule has 0 aliphatic carbocycles. The first-order valence-corrected chi connectivity index (χ1v) is 9.72. The van der Waals surface area contributed by atoms with Gasteiger partial charge in [-0.05, 0) is 35.9 Å². The molecule has 0 aliphatic rings. The standard InChI is InChI=1S/C22H14Cl2N4O/c23-14-5-6-17(24)13(9-14)12-28-19-4-2-1-3-15(19)16-10-18(27-11-20(16)28)21(29)22-25-7-8-26-22/h1-11H,12H2,(H,25,26). The maximum Gasteiger partial charge on any atom is 0.246 e. The molecule has 7 heteroatoms. The van der Waals surface area contributed by atoms with E-state index in [4.69, 9.17) is 23.2 Å². The van der Waals surface area contributed by atoms with Gasteiger partial charge in [0.2, 0.25) is 5.78 Å². The summed E-state index contributed by atoms with van der Waals surface area (Å²) in [5, 5.41) is 3.27. The predicted octanol–water partition coefficient (Wildman–Crippen LogP) is 5.50. The Morgan fingerprint density at radius 1 is 1.00 bits per heavy atom. The van der Waals surface area contributed by atoms with Gasteiger partial charge in [0.1, 0.15) is 5.69 Å². The lowest BCUT2D eigenvalue weighted by molar-refractivity contribution is 0.102. The molecular formula is C22H14Cl2N4O. The molecule has 0 spiro atoms. The van der Waals surface area contributed by atoms with Crippen molar-refractivity contribution in [1.29, 1.82) is 0 Å². The van der Waals surface area contributed by atoms with Crippen molar-refractivity contribution in [2.24, 2.45) is 0 Å². The molecule has 29 heavy (non-hydrogen) atoms. The zero-order chi connectivity index (χ0) is 20.0. The Labute approximate surface area is 175 Å². The number of ketones is 1. The van der Waals surface area contributed by atoms with E-state index in [1.165, 1.54) is 0 Å². The van der Waals surface area contributed by atoms with E-state index in [0.29, 0.717) is 22.3 Å². The largest absolute Gasteiger partial charge is 0.342 e. The van der Waals surface area contributed by atoms with Crippen molar-refractivity contribution < 1.29 is 4.79 Å². The lowest BCUT2D eigenvalue weighted by Gasteiger charge is -2.10. The van der Waals surface area contributed by atoms with Gasteiger partial charge in [0.15, 0.2) is 5.82 Å². The Balaban J connectivity index is 1.69. The molecule has 0 aliphatic heterocycles. The number of nitrogens with zero attached hydrogens (tertiary/aromatic N) is 3. The third kappa shape index (κ3) is 3.09. The number of hydrogen-bond donors (Lipinski definition) is 1. The number of carbonyl (C=O) groups is 1. The second-order valence-electron chi connectivity index (χ2n) is 6.69. The summed E-state index contributed by atoms with van der Waals surface area (Å²) in [4.78, 5) is 24.0. The van der Waals surface area contributed by atoms with Crippen molar-refractivity contribution in [3.05, 3.63) is 94.2 Å². The van der Waals surface area contributed by atoms with Gasteiger partial charge in [-0.1, -0.05) is 41.4 Å². The average molecular weight is 421 g/mol. The highest BCUT2D eigenvalue weighted by Crippen LogP contribution is 2.31. The first kappa shape index (κ1) is 17.9. The highest BCUT2D eigenvalue weighted by atomic mass is 35.5. The summed E-state index contributed by atoms with van der Waals surface area (Å²) in [6.07, 6.45) is 4.89. The van der Waals surface area contributed by atoms with Crippen LogP contribution in [-0.2, 0) is 6.54 Å². The summed E-state index contributed by atoms with van der Waals surface area (Å²) in [6.45, 7) is 0.538. The van der Waals surface area contributed by atoms with Crippen molar-refractivity contribution in [3.63, 3.8) is 0 Å². The van der Waals surface area contributed by atoms with Crippen molar-refractivity contribution in [3.8, 4) is 0 Å². The fourth-order valence-corrected chi connectivity index (χ4v) is 3.96. The number of halogens is 2. The van der Waals surface area contributed by atoms with Gasteiger partial charge in [-0.15, -0.1) is 0 Å². The van der Waals surface area contributed by atoms with Crippen molar-refractivity contribution in [2.45, 2.75) is 6.54 Å². The number of H-pyrrole nitrogens is 1. The highest BCUT2D eigenvalue weighted by molar-refractivity contribution is 6.33. The van der Waals surface area contributed by atoms with Crippen LogP contribution in [0.4, 0.5) is 0 Å². The van der Waals surface area contributed by atoms with Gasteiger partial charge in [0, 0.05) is 45.3 Å². The summed E-state index contributed by atoms with van der Waals surface area (Å²) in [5.41, 5.74) is 3.20. The molecule has 0 bridgehead atoms. The molecule has 142 valence electrons. The number of imidazole rings is 1. The fraction of sp³-hybridized carbons (Fsp3) is 0.0455. The molecule has 2 aromatic carbocycles. The normalized spacial score (nSPS) is 11.4. The molecule has 0 fully saturated rings. The van der Waals surface area contributed by atoms with Gasteiger partial charge < -0.3 is 9.55 Å². The SMILES string of the molecule is O=C(c1cc2c3ccccc3n(Cc3cc(Cl)ccc3Cl)c2cn1)c1ncc[nH]1. The van der Waals surface area contributed by atoms with Crippen LogP contribution >= 0.6 is 23.2 Å². The minimum absolute atomic E-state index is 0.244. The number of hydrogen-bond acceptors (Lipinski definition) is 3. The van der Waals surface area contributed by atoms with Crippen LogP contribution in [0, 0.1) is 0 Å². The number of fused-ring (bicyclic) bond motifs is 3. The minimum Gasteiger partial charge on any atom is -0.342 e. The van der Waals surface area contributed by atoms with E-state index in [1.54, 1.807) is 30.7 Å². The molecule has 1 N–H and O–H groups in total. The summed E-state index contributed by atoms with van der Waals surface area (Å²) in [6, 6.07) is 15.3. The lowest BCUT2D eigenvalue weighted by Crippen LogP contribution is -2.06. The zero-order valence-corrected chi connectivity index (χ0v) is 16.6. The van der Waals surface area contributed by atoms with Gasteiger partial charge >= 0.3 is 0 Å². The van der Waals surface area contributed by atoms with E-state index in [-0.39, 0.29) is 11.6 Å². The molecule has 3 aromatic heterocycles. The molecule has 5 rings (SSSR count). The van der Waals surface area contributed by atoms with Gasteiger partial charge in [0.25, 0.3) is 0 Å². The van der Waals surface area contributed by atoms with E-state index in [1.807, 2.05) is 36.4 Å². The third-order valence-corrected chi connectivity index (χ3v) is 5.54. The number of rotatable bonds is 4. The molecular weight excluding hydrogens is 407 g/mol. The van der Waals surface area contributed by atoms with Gasteiger partial charge in [0.05, 0.1) is 11.7 Å². The van der Waals surface area contributed by atoms with Crippen LogP contribution in [0.3, 0.4) is 0 Å². The van der Waals surface area contributed by atoms with E-state index < -0.39 is 0 Å². The van der Waals surface area contributed by atoms with Crippen LogP contribution < -0.4 is 0 Å². The smallest absolute Gasteiger partial charge is 0.246 e. The second-order valence-corrected chi connectivity index (χ2v) is 7.54. The first-order chi connectivity index (χ1) is 14.1. The number of pyridine rings is 1. The molecule has 3 heterocycles. The molecule has 0 radical (unpaired) electrons. The molecule has 5 nitrogen and oxygen atoms in total. The van der Waals surface area contributed by atoms with Crippen LogP contribution in [0.15, 0.2) is 67.1 Å². The predicted molar refractivity (Wildman–Crippen MR) is 115 cm³/mol. The Morgan fingerprint density at radius 3 is 2.69 bits per heavy atom. The van der Waals surface area contributed by atoms with Crippen LogP contribution in [0.1, 0.15) is 21.9 Å². The Morgan fingerprint density at radius 2 is 1.86 bits per heavy atom. The average Bonchev–Trinajstić information content (AvgIpc) is 3.37. The molecule has 0 unspecified atom stereocenters. The van der Waals surface area contributed by atoms with Crippen molar-refractivity contribution in [1.82, 2.24) is 19.5 Å². The number of aromatic nitrogens is 4. The second kappa shape index (κ2) is 7.03. The zero-order valence-electron chi connectivity index (χ0n) is 15.1. The molecule has 0 atom stereocenters. The maximum atomic E-state index is 12.7. The number of benzene rings is 2. The Hall–Kier alpha value is -3.15. The van der Waals surface area contributed by atoms with Crippen LogP contribution in [0.25, 0.3) is 21.8 Å². The van der Waals surface area contributed by atoms with Gasteiger partial charge in [-0.2, -0.15) is 0 Å². The Bertz CT molecular complexity index is 1370. The molecule has 0 saturated heterocycles. The quantitative estimate of drug-likeness (QED) is 0.390. The van der Waals surface area contributed by atoms with E-state index in [9.17, 15) is 4.79 Å². The van der Waals surface area contributed by atoms with Crippen LogP contribution in [-0.4, -0.2) is 25.3 Å². The number of nitrogens with one attached hydrogen (secondary N) is 1. The number of para-hydroxylation sites is 1. The van der Waals surface area contributed by atoms with E-state index in [2.05, 4.69) is 19.5 Å². The van der Waals surface area contributed by atoms with Gasteiger partial charge in [-0.3, -0.25) is 9.78 Å². The number of carbonyl (C=O) groups excluding carboxylic acids is 1. The molecule has 5 aromatic rings. The molecule has 0 amide bonds. The van der Waals surface area contributed by atoms with Crippen molar-refractivity contribution >= 4 is 50.8 Å². The summed E-state index contributed by atoms with van der Waals surface area (Å²) in [5.74, 6) is 0.0258. The van der Waals surface area contributed by atoms with Crippen LogP contribution in [0.2, 0.25) is 10.0 Å². The maximum absolute atomic E-state index is 12.7. The van der Waals surface area contributed by atoms with Crippen molar-refractivity contribution in [2.75, 3.05) is 0 Å². The summed E-state index contributed by atoms with van der Waals surface area (Å²) < 4.78 is 2.14. The highest BCUT2D eigenvalue weighted by Gasteiger charge is 2.17. The Kier molecular flexibility index (Phi) is 4.34. The fourth-order valence-electron chi connectivity index (χ4n) is 3.59. The first-order valence-electron chi connectivity index (χ1n) is 8.97. The lowest BCUT2D eigenvalue weighted by atomic mass is 10.1. The van der Waals surface area contributed by atoms with E-state index >= 15 is 0 Å². The van der Waals surface area contributed by atoms with E-state index in [0.717, 1.165) is 27.4 Å².